The molecule has 19 heavy (non-hydrogen) atoms. The van der Waals surface area contributed by atoms with Gasteiger partial charge < -0.3 is 15.2 Å². The number of rotatable bonds is 5. The Bertz CT molecular complexity index is 507. The zero-order valence-corrected chi connectivity index (χ0v) is 11.2. The molecular formula is C15H18N2O2. The van der Waals surface area contributed by atoms with E-state index in [0.717, 1.165) is 16.9 Å². The van der Waals surface area contributed by atoms with E-state index in [1.54, 1.807) is 13.3 Å². The first-order valence-corrected chi connectivity index (χ1v) is 6.16. The lowest BCUT2D eigenvalue weighted by Crippen LogP contribution is -2.05. The molecule has 0 fully saturated rings. The summed E-state index contributed by atoms with van der Waals surface area (Å²) in [6.45, 7) is 2.41. The first-order chi connectivity index (χ1) is 9.19. The van der Waals surface area contributed by atoms with Crippen molar-refractivity contribution in [1.82, 2.24) is 4.98 Å². The molecule has 0 unspecified atom stereocenters. The highest BCUT2D eigenvalue weighted by atomic mass is 16.5. The Morgan fingerprint density at radius 1 is 1.16 bits per heavy atom. The molecule has 0 saturated carbocycles. The van der Waals surface area contributed by atoms with E-state index in [4.69, 9.17) is 15.2 Å². The van der Waals surface area contributed by atoms with E-state index in [1.165, 1.54) is 0 Å². The van der Waals surface area contributed by atoms with Crippen molar-refractivity contribution in [3.05, 3.63) is 53.7 Å². The van der Waals surface area contributed by atoms with Gasteiger partial charge in [-0.05, 0) is 30.2 Å². The monoisotopic (exact) mass is 258 g/mol. The second kappa shape index (κ2) is 6.20. The third-order valence-electron chi connectivity index (χ3n) is 2.83. The number of methoxy groups -OCH3 is 1. The Kier molecular flexibility index (Phi) is 4.36. The van der Waals surface area contributed by atoms with E-state index in [9.17, 15) is 0 Å². The molecule has 2 N–H and O–H groups in total. The highest BCUT2D eigenvalue weighted by Gasteiger charge is 2.01. The predicted molar refractivity (Wildman–Crippen MR) is 74.2 cm³/mol. The molecule has 0 saturated heterocycles. The number of benzene rings is 1. The molecule has 0 spiro atoms. The largest absolute Gasteiger partial charge is 0.497 e. The minimum atomic E-state index is -0.0110. The standard InChI is InChI=1S/C15H18N2O2/c1-11(16)13-5-8-15(17-9-13)19-10-12-3-6-14(18-2)7-4-12/h3-9,11H,10,16H2,1-2H3/t11-/m0/s1. The van der Waals surface area contributed by atoms with Crippen molar-refractivity contribution < 1.29 is 9.47 Å². The third-order valence-corrected chi connectivity index (χ3v) is 2.83. The Balaban J connectivity index is 1.94. The highest BCUT2D eigenvalue weighted by molar-refractivity contribution is 5.27. The summed E-state index contributed by atoms with van der Waals surface area (Å²) in [4.78, 5) is 4.22. The fourth-order valence-corrected chi connectivity index (χ4v) is 1.63. The van der Waals surface area contributed by atoms with Gasteiger partial charge >= 0.3 is 0 Å². The molecule has 1 aromatic carbocycles. The van der Waals surface area contributed by atoms with E-state index in [0.29, 0.717) is 12.5 Å². The highest BCUT2D eigenvalue weighted by Crippen LogP contribution is 2.15. The van der Waals surface area contributed by atoms with Crippen LogP contribution in [0.3, 0.4) is 0 Å². The maximum atomic E-state index is 5.76. The normalized spacial score (nSPS) is 11.9. The fourth-order valence-electron chi connectivity index (χ4n) is 1.63. The summed E-state index contributed by atoms with van der Waals surface area (Å²) in [5, 5.41) is 0. The summed E-state index contributed by atoms with van der Waals surface area (Å²) in [7, 11) is 1.65. The van der Waals surface area contributed by atoms with Crippen LogP contribution in [0.1, 0.15) is 24.1 Å². The van der Waals surface area contributed by atoms with Crippen LogP contribution < -0.4 is 15.2 Å². The maximum absolute atomic E-state index is 5.76. The van der Waals surface area contributed by atoms with Gasteiger partial charge in [-0.2, -0.15) is 0 Å². The molecule has 4 nitrogen and oxygen atoms in total. The van der Waals surface area contributed by atoms with E-state index in [2.05, 4.69) is 4.98 Å². The lowest BCUT2D eigenvalue weighted by atomic mass is 10.2. The van der Waals surface area contributed by atoms with Crippen molar-refractivity contribution in [2.75, 3.05) is 7.11 Å². The van der Waals surface area contributed by atoms with Crippen molar-refractivity contribution in [2.45, 2.75) is 19.6 Å². The van der Waals surface area contributed by atoms with Crippen molar-refractivity contribution >= 4 is 0 Å². The van der Waals surface area contributed by atoms with Crippen molar-refractivity contribution in [2.24, 2.45) is 5.73 Å². The third kappa shape index (κ3) is 3.69. The van der Waals surface area contributed by atoms with E-state index in [-0.39, 0.29) is 6.04 Å². The molecule has 100 valence electrons. The van der Waals surface area contributed by atoms with Crippen molar-refractivity contribution in [1.29, 1.82) is 0 Å². The molecule has 0 amide bonds. The summed E-state index contributed by atoms with van der Waals surface area (Å²) in [6, 6.07) is 11.5. The van der Waals surface area contributed by atoms with Gasteiger partial charge in [0, 0.05) is 18.3 Å². The van der Waals surface area contributed by atoms with Crippen LogP contribution in [-0.2, 0) is 6.61 Å². The van der Waals surface area contributed by atoms with E-state index >= 15 is 0 Å². The van der Waals surface area contributed by atoms with E-state index in [1.807, 2.05) is 43.3 Å². The van der Waals surface area contributed by atoms with Crippen LogP contribution in [0.2, 0.25) is 0 Å². The minimum absolute atomic E-state index is 0.0110. The van der Waals surface area contributed by atoms with Gasteiger partial charge in [0.25, 0.3) is 0 Å². The molecule has 1 atom stereocenters. The van der Waals surface area contributed by atoms with Crippen molar-refractivity contribution in [3.63, 3.8) is 0 Å². The van der Waals surface area contributed by atoms with Crippen LogP contribution in [-0.4, -0.2) is 12.1 Å². The number of nitrogens with two attached hydrogens (primary N) is 1. The van der Waals surface area contributed by atoms with Gasteiger partial charge in [0.15, 0.2) is 0 Å². The molecule has 0 aliphatic rings. The fraction of sp³-hybridized carbons (Fsp3) is 0.267. The molecule has 4 heteroatoms. The summed E-state index contributed by atoms with van der Waals surface area (Å²) in [5.41, 5.74) is 7.83. The average molecular weight is 258 g/mol. The zero-order chi connectivity index (χ0) is 13.7. The lowest BCUT2D eigenvalue weighted by molar-refractivity contribution is 0.293. The van der Waals surface area contributed by atoms with Crippen molar-refractivity contribution in [3.8, 4) is 11.6 Å². The predicted octanol–water partition coefficient (Wildman–Crippen LogP) is 2.69. The number of aromatic nitrogens is 1. The maximum Gasteiger partial charge on any atom is 0.213 e. The molecular weight excluding hydrogens is 240 g/mol. The van der Waals surface area contributed by atoms with Gasteiger partial charge in [0.2, 0.25) is 5.88 Å². The summed E-state index contributed by atoms with van der Waals surface area (Å²) in [5.74, 6) is 1.43. The zero-order valence-electron chi connectivity index (χ0n) is 11.2. The molecule has 2 rings (SSSR count). The molecule has 1 heterocycles. The Morgan fingerprint density at radius 2 is 1.89 bits per heavy atom. The molecule has 0 aliphatic carbocycles. The second-order valence-corrected chi connectivity index (χ2v) is 4.36. The summed E-state index contributed by atoms with van der Waals surface area (Å²) >= 11 is 0. The number of ether oxygens (including phenoxy) is 2. The number of nitrogens with zero attached hydrogens (tertiary/aromatic N) is 1. The quantitative estimate of drug-likeness (QED) is 0.895. The van der Waals surface area contributed by atoms with Crippen LogP contribution in [0.5, 0.6) is 11.6 Å². The first-order valence-electron chi connectivity index (χ1n) is 6.16. The average Bonchev–Trinajstić information content (AvgIpc) is 2.46. The summed E-state index contributed by atoms with van der Waals surface area (Å²) in [6.07, 6.45) is 1.74. The van der Waals surface area contributed by atoms with Gasteiger partial charge in [0.1, 0.15) is 12.4 Å². The second-order valence-electron chi connectivity index (χ2n) is 4.36. The topological polar surface area (TPSA) is 57.4 Å². The lowest BCUT2D eigenvalue weighted by Gasteiger charge is -2.08. The van der Waals surface area contributed by atoms with E-state index < -0.39 is 0 Å². The van der Waals surface area contributed by atoms with Crippen LogP contribution in [0.4, 0.5) is 0 Å². The number of hydrogen-bond acceptors (Lipinski definition) is 4. The summed E-state index contributed by atoms with van der Waals surface area (Å²) < 4.78 is 10.7. The molecule has 1 aromatic heterocycles. The van der Waals surface area contributed by atoms with Crippen LogP contribution in [0, 0.1) is 0 Å². The van der Waals surface area contributed by atoms with Gasteiger partial charge in [-0.25, -0.2) is 4.98 Å². The number of pyridine rings is 1. The minimum Gasteiger partial charge on any atom is -0.497 e. The number of hydrogen-bond donors (Lipinski definition) is 1. The van der Waals surface area contributed by atoms with Crippen LogP contribution in [0.25, 0.3) is 0 Å². The van der Waals surface area contributed by atoms with Crippen LogP contribution >= 0.6 is 0 Å². The Hall–Kier alpha value is -2.07. The molecule has 2 aromatic rings. The van der Waals surface area contributed by atoms with Gasteiger partial charge in [0.05, 0.1) is 7.11 Å². The smallest absolute Gasteiger partial charge is 0.213 e. The Labute approximate surface area is 113 Å². The molecule has 0 bridgehead atoms. The van der Waals surface area contributed by atoms with Crippen LogP contribution in [0.15, 0.2) is 42.6 Å². The molecule has 0 radical (unpaired) electrons. The first kappa shape index (κ1) is 13.4. The van der Waals surface area contributed by atoms with Gasteiger partial charge in [-0.15, -0.1) is 0 Å². The van der Waals surface area contributed by atoms with Gasteiger partial charge in [-0.1, -0.05) is 18.2 Å². The molecule has 0 aliphatic heterocycles. The Morgan fingerprint density at radius 3 is 2.42 bits per heavy atom. The van der Waals surface area contributed by atoms with Gasteiger partial charge in [-0.3, -0.25) is 0 Å². The SMILES string of the molecule is COc1ccc(COc2ccc([C@H](C)N)cn2)cc1.